The van der Waals surface area contributed by atoms with E-state index in [1.54, 1.807) is 0 Å². The minimum Gasteiger partial charge on any atom is -0.306 e. The van der Waals surface area contributed by atoms with Crippen LogP contribution in [0.25, 0.3) is 0 Å². The SMILES string of the molecule is Cc1ccccc1[C@H](C)NCc1ccc(Cl)c(Cl)c1. The normalized spacial score (nSPS) is 12.4. The molecule has 0 fully saturated rings. The van der Waals surface area contributed by atoms with E-state index in [1.165, 1.54) is 11.1 Å². The van der Waals surface area contributed by atoms with Gasteiger partial charge in [0.2, 0.25) is 0 Å². The van der Waals surface area contributed by atoms with Gasteiger partial charge in [0.15, 0.2) is 0 Å². The van der Waals surface area contributed by atoms with Crippen LogP contribution in [0.4, 0.5) is 0 Å². The van der Waals surface area contributed by atoms with E-state index in [4.69, 9.17) is 23.2 Å². The largest absolute Gasteiger partial charge is 0.306 e. The number of benzene rings is 2. The fourth-order valence-corrected chi connectivity index (χ4v) is 2.42. The molecule has 2 aromatic carbocycles. The maximum absolute atomic E-state index is 6.01. The lowest BCUT2D eigenvalue weighted by atomic mass is 10.0. The van der Waals surface area contributed by atoms with Gasteiger partial charge in [-0.1, -0.05) is 53.5 Å². The lowest BCUT2D eigenvalue weighted by molar-refractivity contribution is 0.572. The first kappa shape index (κ1) is 14.4. The molecular weight excluding hydrogens is 277 g/mol. The van der Waals surface area contributed by atoms with Gasteiger partial charge in [0.05, 0.1) is 10.0 Å². The van der Waals surface area contributed by atoms with Gasteiger partial charge in [-0.3, -0.25) is 0 Å². The summed E-state index contributed by atoms with van der Waals surface area (Å²) in [4.78, 5) is 0. The van der Waals surface area contributed by atoms with Gasteiger partial charge in [0.1, 0.15) is 0 Å². The van der Waals surface area contributed by atoms with Crippen molar-refractivity contribution >= 4 is 23.2 Å². The molecule has 0 aromatic heterocycles. The molecule has 0 aliphatic rings. The Morgan fingerprint density at radius 2 is 1.79 bits per heavy atom. The first-order valence-electron chi connectivity index (χ1n) is 6.31. The van der Waals surface area contributed by atoms with Gasteiger partial charge >= 0.3 is 0 Å². The molecule has 0 amide bonds. The van der Waals surface area contributed by atoms with Crippen LogP contribution in [0.2, 0.25) is 10.0 Å². The summed E-state index contributed by atoms with van der Waals surface area (Å²) in [6.07, 6.45) is 0. The molecule has 0 spiro atoms. The average molecular weight is 294 g/mol. The Morgan fingerprint density at radius 1 is 1.05 bits per heavy atom. The van der Waals surface area contributed by atoms with Gasteiger partial charge in [-0.25, -0.2) is 0 Å². The second kappa shape index (κ2) is 6.42. The van der Waals surface area contributed by atoms with Crippen LogP contribution in [0.15, 0.2) is 42.5 Å². The molecule has 0 unspecified atom stereocenters. The van der Waals surface area contributed by atoms with Gasteiger partial charge in [0.25, 0.3) is 0 Å². The molecule has 19 heavy (non-hydrogen) atoms. The van der Waals surface area contributed by atoms with E-state index in [9.17, 15) is 0 Å². The molecule has 3 heteroatoms. The predicted octanol–water partition coefficient (Wildman–Crippen LogP) is 5.15. The van der Waals surface area contributed by atoms with Crippen molar-refractivity contribution in [3.63, 3.8) is 0 Å². The second-order valence-corrected chi connectivity index (χ2v) is 5.52. The number of aryl methyl sites for hydroxylation is 1. The fourth-order valence-electron chi connectivity index (χ4n) is 2.10. The van der Waals surface area contributed by atoms with E-state index in [0.717, 1.165) is 12.1 Å². The summed E-state index contributed by atoms with van der Waals surface area (Å²) in [5, 5.41) is 4.70. The lowest BCUT2D eigenvalue weighted by Gasteiger charge is -2.16. The molecule has 2 aromatic rings. The summed E-state index contributed by atoms with van der Waals surface area (Å²) < 4.78 is 0. The van der Waals surface area contributed by atoms with Crippen LogP contribution in [-0.2, 0) is 6.54 Å². The Morgan fingerprint density at radius 3 is 2.47 bits per heavy atom. The van der Waals surface area contributed by atoms with Crippen LogP contribution in [0, 0.1) is 6.92 Å². The van der Waals surface area contributed by atoms with Gasteiger partial charge in [-0.2, -0.15) is 0 Å². The first-order valence-corrected chi connectivity index (χ1v) is 7.06. The van der Waals surface area contributed by atoms with Crippen LogP contribution < -0.4 is 5.32 Å². The third-order valence-electron chi connectivity index (χ3n) is 3.25. The highest BCUT2D eigenvalue weighted by Gasteiger charge is 2.07. The summed E-state index contributed by atoms with van der Waals surface area (Å²) >= 11 is 11.9. The molecule has 1 N–H and O–H groups in total. The Bertz CT molecular complexity index is 566. The topological polar surface area (TPSA) is 12.0 Å². The van der Waals surface area contributed by atoms with Gasteiger partial charge in [-0.05, 0) is 42.7 Å². The van der Waals surface area contributed by atoms with Crippen molar-refractivity contribution in [1.29, 1.82) is 0 Å². The summed E-state index contributed by atoms with van der Waals surface area (Å²) in [5.41, 5.74) is 3.76. The zero-order valence-electron chi connectivity index (χ0n) is 11.1. The van der Waals surface area contributed by atoms with E-state index < -0.39 is 0 Å². The highest BCUT2D eigenvalue weighted by molar-refractivity contribution is 6.42. The summed E-state index contributed by atoms with van der Waals surface area (Å²) in [7, 11) is 0. The smallest absolute Gasteiger partial charge is 0.0595 e. The molecule has 0 heterocycles. The minimum atomic E-state index is 0.302. The molecule has 0 radical (unpaired) electrons. The predicted molar refractivity (Wildman–Crippen MR) is 82.9 cm³/mol. The maximum atomic E-state index is 6.01. The van der Waals surface area contributed by atoms with E-state index >= 15 is 0 Å². The highest BCUT2D eigenvalue weighted by atomic mass is 35.5. The van der Waals surface area contributed by atoms with Gasteiger partial charge in [0, 0.05) is 12.6 Å². The van der Waals surface area contributed by atoms with Gasteiger partial charge in [-0.15, -0.1) is 0 Å². The number of nitrogens with one attached hydrogen (secondary N) is 1. The average Bonchev–Trinajstić information content (AvgIpc) is 2.40. The number of hydrogen-bond donors (Lipinski definition) is 1. The summed E-state index contributed by atoms with van der Waals surface area (Å²) in [6, 6.07) is 14.4. The first-order chi connectivity index (χ1) is 9.08. The molecule has 1 atom stereocenters. The lowest BCUT2D eigenvalue weighted by Crippen LogP contribution is -2.18. The van der Waals surface area contributed by atoms with Crippen molar-refractivity contribution in [3.8, 4) is 0 Å². The van der Waals surface area contributed by atoms with E-state index in [-0.39, 0.29) is 0 Å². The maximum Gasteiger partial charge on any atom is 0.0595 e. The third-order valence-corrected chi connectivity index (χ3v) is 3.99. The molecule has 0 saturated carbocycles. The summed E-state index contributed by atoms with van der Waals surface area (Å²) in [5.74, 6) is 0. The van der Waals surface area contributed by atoms with E-state index in [2.05, 4.69) is 43.4 Å². The molecule has 0 saturated heterocycles. The van der Waals surface area contributed by atoms with Crippen LogP contribution >= 0.6 is 23.2 Å². The quantitative estimate of drug-likeness (QED) is 0.822. The second-order valence-electron chi connectivity index (χ2n) is 4.71. The zero-order chi connectivity index (χ0) is 13.8. The van der Waals surface area contributed by atoms with Crippen LogP contribution in [0.5, 0.6) is 0 Å². The van der Waals surface area contributed by atoms with Gasteiger partial charge < -0.3 is 5.32 Å². The monoisotopic (exact) mass is 293 g/mol. The standard InChI is InChI=1S/C16H17Cl2N/c1-11-5-3-4-6-14(11)12(2)19-10-13-7-8-15(17)16(18)9-13/h3-9,12,19H,10H2,1-2H3/t12-/m0/s1. The summed E-state index contributed by atoms with van der Waals surface area (Å²) in [6.45, 7) is 5.07. The minimum absolute atomic E-state index is 0.302. The van der Waals surface area contributed by atoms with Crippen LogP contribution in [0.3, 0.4) is 0 Å². The highest BCUT2D eigenvalue weighted by Crippen LogP contribution is 2.23. The zero-order valence-corrected chi connectivity index (χ0v) is 12.6. The molecular formula is C16H17Cl2N. The van der Waals surface area contributed by atoms with E-state index in [1.807, 2.05) is 18.2 Å². The number of hydrogen-bond acceptors (Lipinski definition) is 1. The third kappa shape index (κ3) is 3.73. The van der Waals surface area contributed by atoms with Crippen molar-refractivity contribution in [2.75, 3.05) is 0 Å². The molecule has 0 aliphatic heterocycles. The Labute approximate surface area is 124 Å². The Kier molecular flexibility index (Phi) is 4.87. The Hall–Kier alpha value is -1.02. The van der Waals surface area contributed by atoms with Crippen molar-refractivity contribution < 1.29 is 0 Å². The molecule has 100 valence electrons. The Balaban J connectivity index is 2.02. The molecule has 1 nitrogen and oxygen atoms in total. The fraction of sp³-hybridized carbons (Fsp3) is 0.250. The molecule has 0 bridgehead atoms. The van der Waals surface area contributed by atoms with Crippen LogP contribution in [0.1, 0.15) is 29.7 Å². The van der Waals surface area contributed by atoms with Crippen molar-refractivity contribution in [3.05, 3.63) is 69.2 Å². The number of halogens is 2. The van der Waals surface area contributed by atoms with Crippen molar-refractivity contribution in [2.45, 2.75) is 26.4 Å². The van der Waals surface area contributed by atoms with Crippen molar-refractivity contribution in [1.82, 2.24) is 5.32 Å². The number of rotatable bonds is 4. The van der Waals surface area contributed by atoms with Crippen molar-refractivity contribution in [2.24, 2.45) is 0 Å². The molecule has 0 aliphatic carbocycles. The van der Waals surface area contributed by atoms with Crippen LogP contribution in [-0.4, -0.2) is 0 Å². The molecule has 2 rings (SSSR count). The van der Waals surface area contributed by atoms with E-state index in [0.29, 0.717) is 16.1 Å².